The summed E-state index contributed by atoms with van der Waals surface area (Å²) in [6.07, 6.45) is 15.2. The van der Waals surface area contributed by atoms with E-state index in [1.165, 1.54) is 0 Å². The molecule has 72 heavy (non-hydrogen) atoms. The van der Waals surface area contributed by atoms with E-state index in [4.69, 9.17) is 38.9 Å². The molecule has 3 aromatic carbocycles. The number of aromatic amines is 4. The minimum atomic E-state index is -0.578. The number of rotatable bonds is 31. The highest BCUT2D eigenvalue weighted by molar-refractivity contribution is 5.78. The maximum atomic E-state index is 12.7. The summed E-state index contributed by atoms with van der Waals surface area (Å²) in [5.41, 5.74) is 11.5. The third kappa shape index (κ3) is 17.9. The highest BCUT2D eigenvalue weighted by Gasteiger charge is 2.14. The first-order valence-corrected chi connectivity index (χ1v) is 22.9. The number of carbonyl (C=O) groups is 4. The zero-order valence-corrected chi connectivity index (χ0v) is 39.3. The van der Waals surface area contributed by atoms with Crippen LogP contribution in [0.15, 0.2) is 105 Å². The van der Waals surface area contributed by atoms with E-state index in [2.05, 4.69) is 55.8 Å². The Morgan fingerprint density at radius 1 is 0.431 bits per heavy atom. The van der Waals surface area contributed by atoms with Crippen LogP contribution in [0, 0.1) is 0 Å². The van der Waals surface area contributed by atoms with E-state index in [0.29, 0.717) is 90.8 Å². The first-order valence-electron chi connectivity index (χ1n) is 22.9. The molecule has 0 fully saturated rings. The molecule has 0 aliphatic carbocycles. The van der Waals surface area contributed by atoms with Crippen LogP contribution in [0.1, 0.15) is 39.5 Å². The maximum absolute atomic E-state index is 12.7. The van der Waals surface area contributed by atoms with E-state index in [0.717, 1.165) is 22.8 Å². The summed E-state index contributed by atoms with van der Waals surface area (Å²) in [6, 6.07) is 15.2. The number of amides is 3. The molecule has 0 unspecified atom stereocenters. The number of hydrogen-bond donors (Lipinski definition) is 8. The molecule has 378 valence electrons. The molecule has 0 atom stereocenters. The third-order valence-corrected chi connectivity index (χ3v) is 10.3. The average molecular weight is 989 g/mol. The van der Waals surface area contributed by atoms with Gasteiger partial charge in [0.25, 0.3) is 17.7 Å². The largest absolute Gasteiger partial charge is 0.489 e. The molecular formula is C49H56N12O11. The molecule has 0 saturated heterocycles. The van der Waals surface area contributed by atoms with Gasteiger partial charge in [-0.25, -0.2) is 24.7 Å². The van der Waals surface area contributed by atoms with Gasteiger partial charge in [0.15, 0.2) is 26.4 Å². The summed E-state index contributed by atoms with van der Waals surface area (Å²) >= 11 is 0. The number of nitrogens with two attached hydrogens (primary N) is 1. The molecule has 0 spiro atoms. The smallest absolute Gasteiger partial charge is 0.344 e. The predicted octanol–water partition coefficient (Wildman–Crippen LogP) is 2.57. The van der Waals surface area contributed by atoms with Crippen LogP contribution in [0.3, 0.4) is 0 Å². The number of nitrogens with one attached hydrogen (secondary N) is 7. The molecule has 7 rings (SSSR count). The molecule has 4 heterocycles. The van der Waals surface area contributed by atoms with Gasteiger partial charge in [-0.05, 0) is 53.1 Å². The SMILES string of the molecule is NCc1cc(OCc2cc(OCC(=O)NCCc3cnc[nH]3)cc(OCC(=O)NCCc3cnc[nH]3)c2)cc(OCc2cc(OCC(=O)NCCc3cnc[nH]3)cc(OCC(=O)OCCc3cnc[nH]3)c2)c1. The zero-order chi connectivity index (χ0) is 50.2. The molecule has 0 saturated carbocycles. The average Bonchev–Trinajstić information content (AvgIpc) is 4.26. The van der Waals surface area contributed by atoms with E-state index >= 15 is 0 Å². The number of imidazole rings is 4. The normalized spacial score (nSPS) is 10.8. The highest BCUT2D eigenvalue weighted by atomic mass is 16.6. The summed E-state index contributed by atoms with van der Waals surface area (Å²) in [4.78, 5) is 78.5. The quantitative estimate of drug-likeness (QED) is 0.0290. The molecular weight excluding hydrogens is 933 g/mol. The zero-order valence-electron chi connectivity index (χ0n) is 39.3. The fourth-order valence-electron chi connectivity index (χ4n) is 6.76. The van der Waals surface area contributed by atoms with Gasteiger partial charge in [0.05, 0.1) is 31.9 Å². The van der Waals surface area contributed by atoms with Crippen molar-refractivity contribution in [2.45, 2.75) is 45.4 Å². The molecule has 0 aliphatic heterocycles. The van der Waals surface area contributed by atoms with Crippen LogP contribution in [-0.2, 0) is 69.4 Å². The van der Waals surface area contributed by atoms with Crippen molar-refractivity contribution in [3.8, 4) is 34.5 Å². The molecule has 23 nitrogen and oxygen atoms in total. The van der Waals surface area contributed by atoms with Crippen LogP contribution >= 0.6 is 0 Å². The number of aromatic nitrogens is 8. The standard InChI is InChI=1S/C49H56N12O11/c50-18-33-9-40(67-23-34-11-42(69-25-46(62)55-5-1-36-19-51-29-58-36)16-43(12-34)70-26-47(63)56-6-2-37-20-52-30-59-37)15-41(10-33)68-24-35-13-44(71-27-48(64)57-7-3-38-21-53-31-60-38)17-45(14-35)72-28-49(65)66-8-4-39-22-54-32-61-39/h9-17,19-22,29-32H,1-8,18,23-28,50H2,(H,51,58)(H,52,59)(H,53,60)(H,54,61)(H,55,62)(H,56,63)(H,57,64). The fraction of sp³-hybridized carbons (Fsp3) is 0.306. The number of hydrogen-bond acceptors (Lipinski definition) is 16. The lowest BCUT2D eigenvalue weighted by Gasteiger charge is -2.15. The first-order chi connectivity index (χ1) is 35.2. The van der Waals surface area contributed by atoms with Crippen molar-refractivity contribution in [1.29, 1.82) is 0 Å². The van der Waals surface area contributed by atoms with E-state index in [1.807, 2.05) is 0 Å². The van der Waals surface area contributed by atoms with Crippen molar-refractivity contribution in [2.75, 3.05) is 52.7 Å². The van der Waals surface area contributed by atoms with Crippen molar-refractivity contribution in [1.82, 2.24) is 55.8 Å². The van der Waals surface area contributed by atoms with Gasteiger partial charge in [0, 0.05) is 118 Å². The van der Waals surface area contributed by atoms with Crippen molar-refractivity contribution in [2.24, 2.45) is 5.73 Å². The Balaban J connectivity index is 0.979. The number of ether oxygens (including phenoxy) is 7. The van der Waals surface area contributed by atoms with Gasteiger partial charge in [-0.2, -0.15) is 0 Å². The van der Waals surface area contributed by atoms with Gasteiger partial charge < -0.3 is 74.8 Å². The van der Waals surface area contributed by atoms with Gasteiger partial charge in [0.2, 0.25) is 0 Å². The Labute approximate surface area is 413 Å². The number of benzene rings is 3. The molecule has 23 heteroatoms. The lowest BCUT2D eigenvalue weighted by atomic mass is 10.2. The van der Waals surface area contributed by atoms with Crippen molar-refractivity contribution >= 4 is 23.7 Å². The maximum Gasteiger partial charge on any atom is 0.344 e. The second kappa shape index (κ2) is 27.4. The number of carbonyl (C=O) groups excluding carboxylic acids is 4. The molecule has 0 bridgehead atoms. The number of esters is 1. The van der Waals surface area contributed by atoms with Gasteiger partial charge in [-0.3, -0.25) is 14.4 Å². The molecule has 9 N–H and O–H groups in total. The Morgan fingerprint density at radius 2 is 0.764 bits per heavy atom. The van der Waals surface area contributed by atoms with E-state index in [-0.39, 0.29) is 76.3 Å². The van der Waals surface area contributed by atoms with E-state index < -0.39 is 5.97 Å². The summed E-state index contributed by atoms with van der Waals surface area (Å²) in [5, 5.41) is 8.45. The summed E-state index contributed by atoms with van der Waals surface area (Å²) < 4.78 is 41.3. The predicted molar refractivity (Wildman–Crippen MR) is 257 cm³/mol. The van der Waals surface area contributed by atoms with Crippen LogP contribution < -0.4 is 50.1 Å². The van der Waals surface area contributed by atoms with Crippen LogP contribution in [-0.4, -0.2) is 116 Å². The van der Waals surface area contributed by atoms with Gasteiger partial charge in [-0.15, -0.1) is 0 Å². The first kappa shape index (κ1) is 51.0. The van der Waals surface area contributed by atoms with Crippen molar-refractivity contribution < 1.29 is 52.3 Å². The van der Waals surface area contributed by atoms with Gasteiger partial charge >= 0.3 is 5.97 Å². The number of H-pyrrole nitrogens is 4. The second-order valence-electron chi connectivity index (χ2n) is 16.0. The molecule has 3 amide bonds. The Bertz CT molecular complexity index is 2420. The van der Waals surface area contributed by atoms with E-state index in [1.54, 1.807) is 105 Å². The lowest BCUT2D eigenvalue weighted by Crippen LogP contribution is -2.31. The van der Waals surface area contributed by atoms with Gasteiger partial charge in [-0.1, -0.05) is 0 Å². The summed E-state index contributed by atoms with van der Waals surface area (Å²) in [7, 11) is 0. The Morgan fingerprint density at radius 3 is 1.11 bits per heavy atom. The fourth-order valence-corrected chi connectivity index (χ4v) is 6.76. The van der Waals surface area contributed by atoms with Crippen molar-refractivity contribution in [3.63, 3.8) is 0 Å². The Kier molecular flexibility index (Phi) is 19.4. The van der Waals surface area contributed by atoms with Crippen LogP contribution in [0.5, 0.6) is 34.5 Å². The third-order valence-electron chi connectivity index (χ3n) is 10.3. The lowest BCUT2D eigenvalue weighted by molar-refractivity contribution is -0.146. The highest BCUT2D eigenvalue weighted by Crippen LogP contribution is 2.29. The molecule has 4 aromatic heterocycles. The van der Waals surface area contributed by atoms with Gasteiger partial charge in [0.1, 0.15) is 47.7 Å². The van der Waals surface area contributed by atoms with Crippen molar-refractivity contribution in [3.05, 3.63) is 144 Å². The molecule has 0 aliphatic rings. The number of nitrogens with zero attached hydrogens (tertiary/aromatic N) is 4. The van der Waals surface area contributed by atoms with E-state index in [9.17, 15) is 19.2 Å². The summed E-state index contributed by atoms with van der Waals surface area (Å²) in [5.74, 6) is 0.493. The molecule has 7 aromatic rings. The summed E-state index contributed by atoms with van der Waals surface area (Å²) in [6.45, 7) is 0.278. The van der Waals surface area contributed by atoms with Crippen LogP contribution in [0.4, 0.5) is 0 Å². The minimum absolute atomic E-state index is 0.0135. The van der Waals surface area contributed by atoms with Crippen LogP contribution in [0.25, 0.3) is 0 Å². The Hall–Kier alpha value is -8.86. The van der Waals surface area contributed by atoms with Crippen LogP contribution in [0.2, 0.25) is 0 Å². The monoisotopic (exact) mass is 988 g/mol. The molecule has 0 radical (unpaired) electrons. The minimum Gasteiger partial charge on any atom is -0.489 e. The topological polar surface area (TPSA) is 310 Å². The second-order valence-corrected chi connectivity index (χ2v) is 16.0.